The second-order valence-electron chi connectivity index (χ2n) is 5.61. The van der Waals surface area contributed by atoms with Gasteiger partial charge in [-0.15, -0.1) is 6.42 Å². The summed E-state index contributed by atoms with van der Waals surface area (Å²) in [6.07, 6.45) is 7.12. The molecule has 0 aromatic carbocycles. The average molecular weight is 354 g/mol. The van der Waals surface area contributed by atoms with Crippen molar-refractivity contribution in [3.05, 3.63) is 11.6 Å². The minimum Gasteiger partial charge on any atom is -0.378 e. The fourth-order valence-electron chi connectivity index (χ4n) is 1.76. The quantitative estimate of drug-likeness (QED) is 0.585. The van der Waals surface area contributed by atoms with Crippen molar-refractivity contribution in [3.8, 4) is 12.3 Å². The van der Waals surface area contributed by atoms with Gasteiger partial charge in [-0.25, -0.2) is 0 Å². The van der Waals surface area contributed by atoms with Crippen LogP contribution in [0.5, 0.6) is 0 Å². The summed E-state index contributed by atoms with van der Waals surface area (Å²) in [4.78, 5) is 24.3. The molecule has 1 aliphatic heterocycles. The molecule has 1 saturated heterocycles. The van der Waals surface area contributed by atoms with Crippen molar-refractivity contribution >= 4 is 11.8 Å². The van der Waals surface area contributed by atoms with Crippen molar-refractivity contribution in [3.63, 3.8) is 0 Å². The highest BCUT2D eigenvalue weighted by Crippen LogP contribution is 2.00. The average Bonchev–Trinajstić information content (AvgIpc) is 2.58. The fraction of sp³-hybridized carbons (Fsp3) is 0.684. The number of hydrogen-bond acceptors (Lipinski definition) is 4. The third-order valence-electron chi connectivity index (χ3n) is 3.07. The zero-order valence-corrected chi connectivity index (χ0v) is 15.3. The molecule has 0 bridgehead atoms. The van der Waals surface area contributed by atoms with Crippen molar-refractivity contribution in [2.24, 2.45) is 0 Å². The largest absolute Gasteiger partial charge is 0.378 e. The summed E-state index contributed by atoms with van der Waals surface area (Å²) in [5.74, 6) is 2.31. The van der Waals surface area contributed by atoms with Crippen LogP contribution < -0.4 is 5.32 Å². The zero-order valence-electron chi connectivity index (χ0n) is 15.3. The van der Waals surface area contributed by atoms with Gasteiger partial charge < -0.3 is 19.7 Å². The Morgan fingerprint density at radius 2 is 1.96 bits per heavy atom. The molecular weight excluding hydrogens is 320 g/mol. The van der Waals surface area contributed by atoms with Crippen LogP contribution >= 0.6 is 0 Å². The van der Waals surface area contributed by atoms with Crippen LogP contribution in [0.15, 0.2) is 11.6 Å². The normalized spacial score (nSPS) is 14.0. The molecule has 1 atom stereocenters. The van der Waals surface area contributed by atoms with E-state index in [-0.39, 0.29) is 25.8 Å². The summed E-state index contributed by atoms with van der Waals surface area (Å²) in [5.41, 5.74) is 1.05. The topological polar surface area (TPSA) is 67.9 Å². The van der Waals surface area contributed by atoms with E-state index in [1.54, 1.807) is 13.0 Å². The maximum absolute atomic E-state index is 11.4. The molecule has 0 aromatic heterocycles. The van der Waals surface area contributed by atoms with Gasteiger partial charge in [-0.2, -0.15) is 0 Å². The van der Waals surface area contributed by atoms with E-state index in [2.05, 4.69) is 11.2 Å². The van der Waals surface area contributed by atoms with E-state index in [0.717, 1.165) is 25.1 Å². The van der Waals surface area contributed by atoms with E-state index in [1.807, 2.05) is 25.7 Å². The van der Waals surface area contributed by atoms with Crippen molar-refractivity contribution < 1.29 is 19.1 Å². The van der Waals surface area contributed by atoms with Gasteiger partial charge in [0.25, 0.3) is 0 Å². The van der Waals surface area contributed by atoms with Gasteiger partial charge in [0.2, 0.25) is 11.8 Å². The second kappa shape index (κ2) is 15.7. The van der Waals surface area contributed by atoms with Crippen molar-refractivity contribution in [1.82, 2.24) is 10.2 Å². The Bertz CT molecular complexity index is 445. The molecule has 0 radical (unpaired) electrons. The lowest BCUT2D eigenvalue weighted by molar-refractivity contribution is -0.131. The van der Waals surface area contributed by atoms with Gasteiger partial charge in [0.1, 0.15) is 12.7 Å². The zero-order chi connectivity index (χ0) is 18.4. The van der Waals surface area contributed by atoms with Crippen LogP contribution in [-0.2, 0) is 19.1 Å². The molecule has 1 N–H and O–H groups in total. The van der Waals surface area contributed by atoms with E-state index in [1.165, 1.54) is 0 Å². The van der Waals surface area contributed by atoms with Gasteiger partial charge in [0.05, 0.1) is 13.2 Å². The van der Waals surface area contributed by atoms with E-state index in [0.29, 0.717) is 19.8 Å². The number of rotatable bonds is 6. The van der Waals surface area contributed by atoms with Crippen LogP contribution in [0.2, 0.25) is 0 Å². The molecule has 1 rings (SSSR count). The highest BCUT2D eigenvalue weighted by atomic mass is 16.5. The SMILES string of the molecule is C.C#CCOC(C)C(=O)NCCC.CC(C)=CC(=O)N1CCOCC1. The maximum Gasteiger partial charge on any atom is 0.248 e. The van der Waals surface area contributed by atoms with Gasteiger partial charge in [-0.3, -0.25) is 9.59 Å². The molecule has 6 heteroatoms. The Morgan fingerprint density at radius 1 is 1.36 bits per heavy atom. The number of nitrogens with zero attached hydrogens (tertiary/aromatic N) is 1. The first kappa shape index (κ1) is 25.4. The number of amides is 2. The molecule has 2 amide bonds. The fourth-order valence-corrected chi connectivity index (χ4v) is 1.76. The molecule has 1 aliphatic rings. The standard InChI is InChI=1S/2C9H15NO2.CH4/c1-8(2)7-9(11)10-3-5-12-6-4-10;1-4-6-10-9(11)8(3)12-7-5-2;/h7H,3-6H2,1-2H3;2,8H,4,6-7H2,1,3H3,(H,10,11);1H4. The third-order valence-corrected chi connectivity index (χ3v) is 3.07. The Morgan fingerprint density at radius 3 is 2.44 bits per heavy atom. The Balaban J connectivity index is 0. The number of carbonyl (C=O) groups excluding carboxylic acids is 2. The molecule has 144 valence electrons. The van der Waals surface area contributed by atoms with Crippen molar-refractivity contribution in [1.29, 1.82) is 0 Å². The highest BCUT2D eigenvalue weighted by Gasteiger charge is 2.14. The van der Waals surface area contributed by atoms with Crippen LogP contribution in [0, 0.1) is 12.3 Å². The molecule has 6 nitrogen and oxygen atoms in total. The highest BCUT2D eigenvalue weighted by molar-refractivity contribution is 5.88. The molecule has 1 unspecified atom stereocenters. The lowest BCUT2D eigenvalue weighted by atomic mass is 10.3. The number of carbonyl (C=O) groups is 2. The van der Waals surface area contributed by atoms with Gasteiger partial charge >= 0.3 is 0 Å². The molecular formula is C19H34N2O4. The van der Waals surface area contributed by atoms with E-state index in [4.69, 9.17) is 15.9 Å². The first-order chi connectivity index (χ1) is 11.4. The smallest absolute Gasteiger partial charge is 0.248 e. The van der Waals surface area contributed by atoms with Gasteiger partial charge in [0, 0.05) is 25.7 Å². The Hall–Kier alpha value is -1.84. The summed E-state index contributed by atoms with van der Waals surface area (Å²) >= 11 is 0. The lowest BCUT2D eigenvalue weighted by Crippen LogP contribution is -2.39. The summed E-state index contributed by atoms with van der Waals surface area (Å²) < 4.78 is 10.1. The summed E-state index contributed by atoms with van der Waals surface area (Å²) in [6, 6.07) is 0. The predicted molar refractivity (Wildman–Crippen MR) is 101 cm³/mol. The maximum atomic E-state index is 11.4. The Labute approximate surface area is 152 Å². The number of nitrogens with one attached hydrogen (secondary N) is 1. The molecule has 0 aliphatic carbocycles. The van der Waals surface area contributed by atoms with E-state index < -0.39 is 6.10 Å². The molecule has 1 heterocycles. The van der Waals surface area contributed by atoms with E-state index in [9.17, 15) is 9.59 Å². The van der Waals surface area contributed by atoms with Gasteiger partial charge in [0.15, 0.2) is 0 Å². The summed E-state index contributed by atoms with van der Waals surface area (Å²) in [5, 5.41) is 2.71. The molecule has 0 spiro atoms. The summed E-state index contributed by atoms with van der Waals surface area (Å²) in [6.45, 7) is 11.2. The monoisotopic (exact) mass is 354 g/mol. The third kappa shape index (κ3) is 13.2. The first-order valence-corrected chi connectivity index (χ1v) is 8.26. The number of terminal acetylenes is 1. The molecule has 0 saturated carbocycles. The van der Waals surface area contributed by atoms with Crippen LogP contribution in [0.3, 0.4) is 0 Å². The minimum atomic E-state index is -0.451. The van der Waals surface area contributed by atoms with Crippen molar-refractivity contribution in [2.45, 2.75) is 47.6 Å². The molecule has 25 heavy (non-hydrogen) atoms. The number of ether oxygens (including phenoxy) is 2. The molecule has 0 aromatic rings. The minimum absolute atomic E-state index is 0. The van der Waals surface area contributed by atoms with Gasteiger partial charge in [-0.05, 0) is 27.2 Å². The Kier molecular flexibility index (Phi) is 15.9. The summed E-state index contributed by atoms with van der Waals surface area (Å²) in [7, 11) is 0. The van der Waals surface area contributed by atoms with Crippen LogP contribution in [0.4, 0.5) is 0 Å². The van der Waals surface area contributed by atoms with Gasteiger partial charge in [-0.1, -0.05) is 25.8 Å². The van der Waals surface area contributed by atoms with Crippen molar-refractivity contribution in [2.75, 3.05) is 39.5 Å². The number of morpholine rings is 1. The van der Waals surface area contributed by atoms with Crippen LogP contribution in [-0.4, -0.2) is 62.3 Å². The first-order valence-electron chi connectivity index (χ1n) is 8.26. The van der Waals surface area contributed by atoms with Crippen LogP contribution in [0.1, 0.15) is 41.5 Å². The van der Waals surface area contributed by atoms with Crippen LogP contribution in [0.25, 0.3) is 0 Å². The number of allylic oxidation sites excluding steroid dienone is 1. The predicted octanol–water partition coefficient (Wildman–Crippen LogP) is 2.00. The second-order valence-corrected chi connectivity index (χ2v) is 5.61. The lowest BCUT2D eigenvalue weighted by Gasteiger charge is -2.25. The van der Waals surface area contributed by atoms with E-state index >= 15 is 0 Å². The molecule has 1 fully saturated rings. The number of hydrogen-bond donors (Lipinski definition) is 1.